The van der Waals surface area contributed by atoms with Gasteiger partial charge in [0.1, 0.15) is 11.9 Å². The molecule has 1 N–H and O–H groups in total. The molecule has 5 heteroatoms. The molecule has 0 unspecified atom stereocenters. The second kappa shape index (κ2) is 7.36. The number of carbonyl (C=O) groups is 2. The van der Waals surface area contributed by atoms with Crippen LogP contribution in [0.3, 0.4) is 0 Å². The van der Waals surface area contributed by atoms with E-state index in [-0.39, 0.29) is 11.7 Å². The van der Waals surface area contributed by atoms with Crippen molar-refractivity contribution in [3.05, 3.63) is 41.5 Å². The maximum atomic E-state index is 13.0. The van der Waals surface area contributed by atoms with Crippen molar-refractivity contribution in [3.8, 4) is 5.75 Å². The number of hydrogen-bond donors (Lipinski definition) is 1. The summed E-state index contributed by atoms with van der Waals surface area (Å²) in [5, 5.41) is 11.5. The summed E-state index contributed by atoms with van der Waals surface area (Å²) in [5.41, 5.74) is -0.486. The fraction of sp³-hybridized carbons (Fsp3) is 0.565. The minimum atomic E-state index is -1.05. The summed E-state index contributed by atoms with van der Waals surface area (Å²) in [6, 6.07) is 6.74. The molecule has 0 radical (unpaired) electrons. The molecule has 1 aromatic carbocycles. The predicted octanol–water partition coefficient (Wildman–Crippen LogP) is 3.94. The van der Waals surface area contributed by atoms with Crippen LogP contribution in [-0.2, 0) is 9.53 Å². The number of ketones is 1. The summed E-state index contributed by atoms with van der Waals surface area (Å²) >= 11 is 0. The van der Waals surface area contributed by atoms with Crippen molar-refractivity contribution < 1.29 is 24.2 Å². The van der Waals surface area contributed by atoms with Gasteiger partial charge in [0.25, 0.3) is 0 Å². The molecule has 0 heterocycles. The highest BCUT2D eigenvalue weighted by Gasteiger charge is 2.62. The summed E-state index contributed by atoms with van der Waals surface area (Å²) in [7, 11) is 1.57. The van der Waals surface area contributed by atoms with E-state index in [2.05, 4.69) is 0 Å². The Morgan fingerprint density at radius 3 is 2.43 bits per heavy atom. The Morgan fingerprint density at radius 2 is 1.86 bits per heavy atom. The summed E-state index contributed by atoms with van der Waals surface area (Å²) in [6.45, 7) is 7.71. The van der Waals surface area contributed by atoms with Crippen LogP contribution in [0.25, 0.3) is 0 Å². The van der Waals surface area contributed by atoms with Crippen LogP contribution in [0.4, 0.5) is 0 Å². The summed E-state index contributed by atoms with van der Waals surface area (Å²) in [5.74, 6) is -0.256. The van der Waals surface area contributed by atoms with Gasteiger partial charge >= 0.3 is 5.97 Å². The van der Waals surface area contributed by atoms with Crippen molar-refractivity contribution in [2.24, 2.45) is 17.3 Å². The molecule has 0 aromatic heterocycles. The van der Waals surface area contributed by atoms with Gasteiger partial charge in [-0.05, 0) is 56.0 Å². The maximum absolute atomic E-state index is 13.0. The number of rotatable bonds is 4. The quantitative estimate of drug-likeness (QED) is 0.794. The fourth-order valence-electron chi connectivity index (χ4n) is 4.90. The number of hydrogen-bond acceptors (Lipinski definition) is 5. The molecule has 1 fully saturated rings. The van der Waals surface area contributed by atoms with E-state index in [1.807, 2.05) is 27.7 Å². The minimum absolute atomic E-state index is 0.0228. The van der Waals surface area contributed by atoms with Gasteiger partial charge in [-0.25, -0.2) is 4.79 Å². The van der Waals surface area contributed by atoms with E-state index in [9.17, 15) is 14.7 Å². The number of fused-ring (bicyclic) bond motifs is 1. The zero-order chi connectivity index (χ0) is 20.7. The third-order valence-electron chi connectivity index (χ3n) is 6.69. The van der Waals surface area contributed by atoms with Crippen LogP contribution in [0.2, 0.25) is 0 Å². The van der Waals surface area contributed by atoms with E-state index in [4.69, 9.17) is 9.47 Å². The Bertz CT molecular complexity index is 794. The second-order valence-corrected chi connectivity index (χ2v) is 8.77. The molecule has 28 heavy (non-hydrogen) atoms. The molecular weight excluding hydrogens is 356 g/mol. The van der Waals surface area contributed by atoms with Gasteiger partial charge in [0.2, 0.25) is 0 Å². The molecule has 3 rings (SSSR count). The van der Waals surface area contributed by atoms with Crippen molar-refractivity contribution in [1.29, 1.82) is 0 Å². The van der Waals surface area contributed by atoms with Crippen LogP contribution in [0.15, 0.2) is 35.9 Å². The van der Waals surface area contributed by atoms with E-state index < -0.39 is 29.0 Å². The SMILES string of the molecule is COc1ccc(C(=O)O[C@H]2CC(C)=CC(=O)[C@@]3(C)CC[C@@](O)(C(C)C)[C@@H]23)cc1. The van der Waals surface area contributed by atoms with Gasteiger partial charge in [0.15, 0.2) is 5.78 Å². The Morgan fingerprint density at radius 1 is 1.21 bits per heavy atom. The van der Waals surface area contributed by atoms with Crippen molar-refractivity contribution in [2.45, 2.75) is 58.7 Å². The van der Waals surface area contributed by atoms with Gasteiger partial charge in [-0.1, -0.05) is 26.3 Å². The maximum Gasteiger partial charge on any atom is 0.338 e. The minimum Gasteiger partial charge on any atom is -0.497 e. The molecule has 2 aliphatic rings. The van der Waals surface area contributed by atoms with Crippen molar-refractivity contribution >= 4 is 11.8 Å². The highest BCUT2D eigenvalue weighted by atomic mass is 16.5. The lowest BCUT2D eigenvalue weighted by Gasteiger charge is -2.42. The first-order chi connectivity index (χ1) is 13.1. The molecule has 4 atom stereocenters. The van der Waals surface area contributed by atoms with Gasteiger partial charge in [0.05, 0.1) is 18.3 Å². The third kappa shape index (κ3) is 3.37. The number of allylic oxidation sites excluding steroid dienone is 1. The normalized spacial score (nSPS) is 32.5. The van der Waals surface area contributed by atoms with Crippen LogP contribution in [0, 0.1) is 17.3 Å². The number of benzene rings is 1. The second-order valence-electron chi connectivity index (χ2n) is 8.77. The Balaban J connectivity index is 1.95. The fourth-order valence-corrected chi connectivity index (χ4v) is 4.90. The Kier molecular flexibility index (Phi) is 5.41. The molecule has 2 aliphatic carbocycles. The Labute approximate surface area is 166 Å². The van der Waals surface area contributed by atoms with Crippen molar-refractivity contribution in [3.63, 3.8) is 0 Å². The van der Waals surface area contributed by atoms with Crippen molar-refractivity contribution in [1.82, 2.24) is 0 Å². The van der Waals surface area contributed by atoms with E-state index in [0.29, 0.717) is 30.6 Å². The predicted molar refractivity (Wildman–Crippen MR) is 106 cm³/mol. The topological polar surface area (TPSA) is 72.8 Å². The van der Waals surface area contributed by atoms with Gasteiger partial charge in [-0.3, -0.25) is 4.79 Å². The first-order valence-electron chi connectivity index (χ1n) is 9.91. The zero-order valence-electron chi connectivity index (χ0n) is 17.3. The molecule has 152 valence electrons. The van der Waals surface area contributed by atoms with Crippen LogP contribution in [0.1, 0.15) is 57.3 Å². The number of methoxy groups -OCH3 is 1. The van der Waals surface area contributed by atoms with Crippen LogP contribution >= 0.6 is 0 Å². The van der Waals surface area contributed by atoms with E-state index in [1.54, 1.807) is 37.5 Å². The smallest absolute Gasteiger partial charge is 0.338 e. The van der Waals surface area contributed by atoms with Gasteiger partial charge < -0.3 is 14.6 Å². The molecule has 0 spiro atoms. The molecule has 1 aromatic rings. The summed E-state index contributed by atoms with van der Waals surface area (Å²) in [4.78, 5) is 25.8. The molecule has 0 amide bonds. The first-order valence-corrected chi connectivity index (χ1v) is 9.91. The Hall–Kier alpha value is -2.14. The van der Waals surface area contributed by atoms with Gasteiger partial charge in [-0.2, -0.15) is 0 Å². The lowest BCUT2D eigenvalue weighted by atomic mass is 9.67. The average molecular weight is 386 g/mol. The zero-order valence-corrected chi connectivity index (χ0v) is 17.3. The molecule has 0 saturated heterocycles. The third-order valence-corrected chi connectivity index (χ3v) is 6.69. The van der Waals surface area contributed by atoms with Gasteiger partial charge in [0, 0.05) is 17.8 Å². The van der Waals surface area contributed by atoms with Crippen molar-refractivity contribution in [2.75, 3.05) is 7.11 Å². The lowest BCUT2D eigenvalue weighted by molar-refractivity contribution is -0.140. The van der Waals surface area contributed by atoms with Gasteiger partial charge in [-0.15, -0.1) is 0 Å². The highest BCUT2D eigenvalue weighted by molar-refractivity contribution is 5.96. The molecular formula is C23H30O5. The molecule has 0 bridgehead atoms. The first kappa shape index (κ1) is 20.6. The number of esters is 1. The van der Waals surface area contributed by atoms with Crippen LogP contribution in [-0.4, -0.2) is 35.7 Å². The molecule has 1 saturated carbocycles. The highest BCUT2D eigenvalue weighted by Crippen LogP contribution is 2.56. The summed E-state index contributed by atoms with van der Waals surface area (Å²) in [6.07, 6.45) is 2.67. The number of carbonyl (C=O) groups excluding carboxylic acids is 2. The van der Waals surface area contributed by atoms with E-state index in [0.717, 1.165) is 5.57 Å². The van der Waals surface area contributed by atoms with E-state index >= 15 is 0 Å². The molecule has 5 nitrogen and oxygen atoms in total. The largest absolute Gasteiger partial charge is 0.497 e. The van der Waals surface area contributed by atoms with Crippen LogP contribution < -0.4 is 4.74 Å². The number of ether oxygens (including phenoxy) is 2. The van der Waals surface area contributed by atoms with E-state index in [1.165, 1.54) is 0 Å². The standard InChI is InChI=1S/C23H30O5/c1-14(2)23(26)11-10-22(4)19(24)13-15(3)12-18(20(22)23)28-21(25)16-6-8-17(27-5)9-7-16/h6-9,13-14,18,20,26H,10-12H2,1-5H3/t18-,20-,22+,23+/m0/s1. The average Bonchev–Trinajstić information content (AvgIpc) is 2.89. The monoisotopic (exact) mass is 386 g/mol. The molecule has 0 aliphatic heterocycles. The summed E-state index contributed by atoms with van der Waals surface area (Å²) < 4.78 is 11.1. The lowest BCUT2D eigenvalue weighted by Crippen LogP contribution is -2.51. The number of aliphatic hydroxyl groups is 1. The van der Waals surface area contributed by atoms with Crippen LogP contribution in [0.5, 0.6) is 5.75 Å².